The van der Waals surface area contributed by atoms with E-state index >= 15 is 0 Å². The van der Waals surface area contributed by atoms with Crippen molar-refractivity contribution in [2.45, 2.75) is 91.5 Å². The Kier molecular flexibility index (Phi) is 14.7. The van der Waals surface area contributed by atoms with Crippen molar-refractivity contribution in [2.75, 3.05) is 19.6 Å². The first-order valence-electron chi connectivity index (χ1n) is 12.7. The van der Waals surface area contributed by atoms with Gasteiger partial charge in [-0.1, -0.05) is 96.6 Å². The quantitative estimate of drug-likeness (QED) is 0.311. The average molecular weight is 447 g/mol. The van der Waals surface area contributed by atoms with Gasteiger partial charge in [-0.3, -0.25) is 14.9 Å². The van der Waals surface area contributed by atoms with Gasteiger partial charge in [0.2, 0.25) is 5.91 Å². The highest BCUT2D eigenvalue weighted by Crippen LogP contribution is 2.19. The first kappa shape index (κ1) is 28.2. The second-order valence-electron chi connectivity index (χ2n) is 9.09. The third kappa shape index (κ3) is 11.1. The van der Waals surface area contributed by atoms with E-state index in [1.165, 1.54) is 25.7 Å². The number of carbonyl (C=O) groups excluding carboxylic acids is 1. The molecule has 1 rings (SSSR count). The monoisotopic (exact) mass is 446 g/mol. The van der Waals surface area contributed by atoms with Gasteiger partial charge in [-0.25, -0.2) is 0 Å². The van der Waals surface area contributed by atoms with E-state index in [-0.39, 0.29) is 12.5 Å². The maximum absolute atomic E-state index is 13.2. The second-order valence-corrected chi connectivity index (χ2v) is 9.09. The molecule has 0 spiro atoms. The molecule has 0 radical (unpaired) electrons. The Morgan fingerprint density at radius 3 is 1.88 bits per heavy atom. The zero-order valence-electron chi connectivity index (χ0n) is 20.8. The number of nitrogens with zero attached hydrogens (tertiary/aromatic N) is 1. The zero-order valence-corrected chi connectivity index (χ0v) is 20.8. The molecule has 1 aromatic rings. The minimum Gasteiger partial charge on any atom is -0.480 e. The van der Waals surface area contributed by atoms with Crippen molar-refractivity contribution in [3.05, 3.63) is 35.9 Å². The number of carboxylic acid groups (broad SMARTS) is 1. The molecule has 0 heterocycles. The Hall–Kier alpha value is -1.88. The van der Waals surface area contributed by atoms with Crippen molar-refractivity contribution in [1.82, 2.24) is 10.2 Å². The average Bonchev–Trinajstić information content (AvgIpc) is 2.81. The van der Waals surface area contributed by atoms with E-state index in [2.05, 4.69) is 33.0 Å². The zero-order chi connectivity index (χ0) is 23.8. The smallest absolute Gasteiger partial charge is 0.321 e. The summed E-state index contributed by atoms with van der Waals surface area (Å²) in [5.41, 5.74) is 0.952. The Bertz CT molecular complexity index is 617. The molecule has 2 N–H and O–H groups in total. The van der Waals surface area contributed by atoms with Gasteiger partial charge in [0.1, 0.15) is 6.04 Å². The Morgan fingerprint density at radius 2 is 1.44 bits per heavy atom. The van der Waals surface area contributed by atoms with Gasteiger partial charge >= 0.3 is 5.97 Å². The van der Waals surface area contributed by atoms with Gasteiger partial charge < -0.3 is 10.0 Å². The largest absolute Gasteiger partial charge is 0.480 e. The van der Waals surface area contributed by atoms with Gasteiger partial charge in [0.05, 0.1) is 6.54 Å². The van der Waals surface area contributed by atoms with E-state index in [0.29, 0.717) is 18.3 Å². The molecule has 182 valence electrons. The molecule has 2 unspecified atom stereocenters. The van der Waals surface area contributed by atoms with Crippen LogP contribution in [0.4, 0.5) is 0 Å². The molecule has 0 aliphatic rings. The number of hydrogen-bond acceptors (Lipinski definition) is 3. The first-order chi connectivity index (χ1) is 15.4. The van der Waals surface area contributed by atoms with Gasteiger partial charge in [-0.2, -0.15) is 0 Å². The van der Waals surface area contributed by atoms with Crippen LogP contribution < -0.4 is 5.32 Å². The maximum atomic E-state index is 13.2. The van der Waals surface area contributed by atoms with Gasteiger partial charge in [-0.05, 0) is 36.7 Å². The second kappa shape index (κ2) is 16.7. The number of hydrogen-bond donors (Lipinski definition) is 2. The molecule has 0 saturated carbocycles. The van der Waals surface area contributed by atoms with Crippen molar-refractivity contribution in [3.8, 4) is 0 Å². The summed E-state index contributed by atoms with van der Waals surface area (Å²) in [6.45, 7) is 10.4. The van der Waals surface area contributed by atoms with Gasteiger partial charge in [0.25, 0.3) is 0 Å². The number of benzene rings is 1. The van der Waals surface area contributed by atoms with E-state index < -0.39 is 12.0 Å². The SMILES string of the molecule is CCCCC(CC)CN(CC(CC)CCCC)C(=O)CN[C@@H](Cc1ccccc1)C(=O)O. The number of unbranched alkanes of at least 4 members (excludes halogenated alkanes) is 2. The summed E-state index contributed by atoms with van der Waals surface area (Å²) >= 11 is 0. The molecule has 32 heavy (non-hydrogen) atoms. The van der Waals surface area contributed by atoms with Crippen LogP contribution in [0.3, 0.4) is 0 Å². The molecule has 1 amide bonds. The Balaban J connectivity index is 2.82. The fourth-order valence-electron chi connectivity index (χ4n) is 4.16. The minimum atomic E-state index is -0.919. The molecule has 5 heteroatoms. The molecule has 0 bridgehead atoms. The van der Waals surface area contributed by atoms with Crippen LogP contribution in [0.2, 0.25) is 0 Å². The lowest BCUT2D eigenvalue weighted by molar-refractivity contribution is -0.139. The number of nitrogens with one attached hydrogen (secondary N) is 1. The molecule has 0 aromatic heterocycles. The molecular formula is C27H46N2O3. The summed E-state index contributed by atoms with van der Waals surface area (Å²) in [6, 6.07) is 8.80. The minimum absolute atomic E-state index is 0.0224. The van der Waals surface area contributed by atoms with Crippen LogP contribution in [-0.2, 0) is 16.0 Å². The van der Waals surface area contributed by atoms with Crippen LogP contribution in [0.25, 0.3) is 0 Å². The topological polar surface area (TPSA) is 69.6 Å². The molecule has 1 aromatic carbocycles. The van der Waals surface area contributed by atoms with Crippen molar-refractivity contribution in [3.63, 3.8) is 0 Å². The van der Waals surface area contributed by atoms with E-state index in [4.69, 9.17) is 0 Å². The van der Waals surface area contributed by atoms with E-state index in [1.807, 2.05) is 35.2 Å². The molecule has 0 aliphatic carbocycles. The fraction of sp³-hybridized carbons (Fsp3) is 0.704. The van der Waals surface area contributed by atoms with E-state index in [9.17, 15) is 14.7 Å². The van der Waals surface area contributed by atoms with Crippen LogP contribution >= 0.6 is 0 Å². The summed E-state index contributed by atoms with van der Waals surface area (Å²) < 4.78 is 0. The molecular weight excluding hydrogens is 400 g/mol. The van der Waals surface area contributed by atoms with Crippen molar-refractivity contribution in [2.24, 2.45) is 11.8 Å². The third-order valence-corrected chi connectivity index (χ3v) is 6.48. The summed E-state index contributed by atoms with van der Waals surface area (Å²) in [5, 5.41) is 12.7. The fourth-order valence-corrected chi connectivity index (χ4v) is 4.16. The summed E-state index contributed by atoms with van der Waals surface area (Å²) in [5.74, 6) is 0.107. The lowest BCUT2D eigenvalue weighted by Gasteiger charge is -2.31. The number of carbonyl (C=O) groups is 2. The number of carboxylic acids is 1. The summed E-state index contributed by atoms with van der Waals surface area (Å²) in [7, 11) is 0. The summed E-state index contributed by atoms with van der Waals surface area (Å²) in [4.78, 5) is 27.0. The first-order valence-corrected chi connectivity index (χ1v) is 12.7. The van der Waals surface area contributed by atoms with Crippen molar-refractivity contribution >= 4 is 11.9 Å². The highest BCUT2D eigenvalue weighted by atomic mass is 16.4. The third-order valence-electron chi connectivity index (χ3n) is 6.48. The van der Waals surface area contributed by atoms with Crippen LogP contribution in [0.15, 0.2) is 30.3 Å². The van der Waals surface area contributed by atoms with Crippen molar-refractivity contribution < 1.29 is 14.7 Å². The lowest BCUT2D eigenvalue weighted by atomic mass is 9.95. The molecule has 0 fully saturated rings. The number of amides is 1. The van der Waals surface area contributed by atoms with Crippen LogP contribution in [0.5, 0.6) is 0 Å². The predicted molar refractivity (Wildman–Crippen MR) is 133 cm³/mol. The Morgan fingerprint density at radius 1 is 0.906 bits per heavy atom. The van der Waals surface area contributed by atoms with Crippen molar-refractivity contribution in [1.29, 1.82) is 0 Å². The van der Waals surface area contributed by atoms with Crippen LogP contribution in [-0.4, -0.2) is 47.6 Å². The van der Waals surface area contributed by atoms with E-state index in [0.717, 1.165) is 44.3 Å². The lowest BCUT2D eigenvalue weighted by Crippen LogP contribution is -2.47. The van der Waals surface area contributed by atoms with Crippen LogP contribution in [0, 0.1) is 11.8 Å². The maximum Gasteiger partial charge on any atom is 0.321 e. The van der Waals surface area contributed by atoms with Gasteiger partial charge in [0.15, 0.2) is 0 Å². The predicted octanol–water partition coefficient (Wildman–Crippen LogP) is 5.53. The number of aliphatic carboxylic acids is 1. The standard InChI is InChI=1S/C27H46N2O3/c1-5-9-14-22(7-3)20-29(21-23(8-4)15-10-6-2)26(30)19-28-25(27(31)32)18-24-16-12-11-13-17-24/h11-13,16-17,22-23,25,28H,5-10,14-15,18-21H2,1-4H3,(H,31,32)/t22?,23?,25-/m0/s1. The molecule has 0 aliphatic heterocycles. The highest BCUT2D eigenvalue weighted by Gasteiger charge is 2.24. The summed E-state index contributed by atoms with van der Waals surface area (Å²) in [6.07, 6.45) is 9.48. The normalized spacial score (nSPS) is 14.0. The molecule has 3 atom stereocenters. The van der Waals surface area contributed by atoms with Gasteiger partial charge in [-0.15, -0.1) is 0 Å². The van der Waals surface area contributed by atoms with Crippen LogP contribution in [0.1, 0.15) is 84.6 Å². The molecule has 5 nitrogen and oxygen atoms in total. The highest BCUT2D eigenvalue weighted by molar-refractivity contribution is 5.80. The number of rotatable bonds is 18. The van der Waals surface area contributed by atoms with E-state index in [1.54, 1.807) is 0 Å². The Labute approximate surface area is 196 Å². The van der Waals surface area contributed by atoms with Gasteiger partial charge in [0, 0.05) is 13.1 Å². The molecule has 0 saturated heterocycles.